The van der Waals surface area contributed by atoms with Crippen molar-refractivity contribution in [3.05, 3.63) is 57.5 Å². The van der Waals surface area contributed by atoms with Crippen LogP contribution in [0.15, 0.2) is 24.4 Å². The maximum Gasteiger partial charge on any atom is 0.254 e. The van der Waals surface area contributed by atoms with Crippen LogP contribution in [0.2, 0.25) is 5.02 Å². The normalized spacial score (nSPS) is 11.0. The number of rotatable bonds is 5. The van der Waals surface area contributed by atoms with Crippen LogP contribution in [0.1, 0.15) is 39.3 Å². The molecule has 2 amide bonds. The van der Waals surface area contributed by atoms with Crippen LogP contribution in [0, 0.1) is 20.8 Å². The molecule has 0 atom stereocenters. The minimum Gasteiger partial charge on any atom is -0.365 e. The Labute approximate surface area is 161 Å². The molecule has 2 aromatic heterocycles. The van der Waals surface area contributed by atoms with Crippen LogP contribution >= 0.6 is 11.6 Å². The highest BCUT2D eigenvalue weighted by Gasteiger charge is 2.17. The summed E-state index contributed by atoms with van der Waals surface area (Å²) < 4.78 is 1.58. The summed E-state index contributed by atoms with van der Waals surface area (Å²) in [5.74, 6) is -0.712. The van der Waals surface area contributed by atoms with E-state index in [1.165, 1.54) is 6.20 Å². The molecule has 0 aliphatic heterocycles. The van der Waals surface area contributed by atoms with Crippen molar-refractivity contribution in [2.45, 2.75) is 33.6 Å². The highest BCUT2D eigenvalue weighted by atomic mass is 35.5. The number of halogens is 1. The molecule has 0 fully saturated rings. The van der Waals surface area contributed by atoms with Crippen LogP contribution in [0.25, 0.3) is 5.65 Å². The highest BCUT2D eigenvalue weighted by molar-refractivity contribution is 6.33. The molecule has 7 nitrogen and oxygen atoms in total. The van der Waals surface area contributed by atoms with Gasteiger partial charge in [0.15, 0.2) is 5.65 Å². The number of aryl methyl sites for hydroxylation is 3. The summed E-state index contributed by atoms with van der Waals surface area (Å²) in [5.41, 5.74) is 10.2. The average molecular weight is 386 g/mol. The number of carbonyl (C=O) groups excluding carboxylic acids is 2. The van der Waals surface area contributed by atoms with Gasteiger partial charge < -0.3 is 11.1 Å². The number of amides is 2. The van der Waals surface area contributed by atoms with Gasteiger partial charge >= 0.3 is 0 Å². The van der Waals surface area contributed by atoms with Crippen molar-refractivity contribution in [3.8, 4) is 0 Å². The largest absolute Gasteiger partial charge is 0.365 e. The number of carbonyl (C=O) groups is 2. The number of nitrogens with zero attached hydrogens (tertiary/aromatic N) is 3. The standard InChI is InChI=1S/C19H20ClN5O2/c1-10-4-6-16(15(20)8-10)24-17(26)7-5-13-11(2)23-19-14(18(21)27)9-22-25(19)12(13)3/h4,6,8-9H,5,7H2,1-3H3,(H2,21,27)(H,24,26). The van der Waals surface area contributed by atoms with Crippen molar-refractivity contribution in [3.63, 3.8) is 0 Å². The van der Waals surface area contributed by atoms with E-state index in [0.29, 0.717) is 22.8 Å². The van der Waals surface area contributed by atoms with Gasteiger partial charge in [-0.1, -0.05) is 17.7 Å². The van der Waals surface area contributed by atoms with E-state index in [2.05, 4.69) is 15.4 Å². The van der Waals surface area contributed by atoms with Crippen LogP contribution in [-0.2, 0) is 11.2 Å². The number of hydrogen-bond acceptors (Lipinski definition) is 4. The first-order valence-electron chi connectivity index (χ1n) is 8.47. The van der Waals surface area contributed by atoms with E-state index in [-0.39, 0.29) is 17.9 Å². The molecule has 3 N–H and O–H groups in total. The van der Waals surface area contributed by atoms with Crippen molar-refractivity contribution < 1.29 is 9.59 Å². The predicted octanol–water partition coefficient (Wildman–Crippen LogP) is 2.98. The van der Waals surface area contributed by atoms with Gasteiger partial charge in [0.25, 0.3) is 5.91 Å². The van der Waals surface area contributed by atoms with Crippen LogP contribution in [0.3, 0.4) is 0 Å². The third-order valence-electron chi connectivity index (χ3n) is 4.47. The summed E-state index contributed by atoms with van der Waals surface area (Å²) in [4.78, 5) is 28.3. The Morgan fingerprint density at radius 1 is 1.26 bits per heavy atom. The minimum absolute atomic E-state index is 0.141. The fourth-order valence-corrected chi connectivity index (χ4v) is 3.30. The molecule has 3 aromatic rings. The van der Waals surface area contributed by atoms with Crippen LogP contribution in [0.4, 0.5) is 5.69 Å². The molecule has 0 spiro atoms. The number of anilines is 1. The molecule has 0 aliphatic carbocycles. The third-order valence-corrected chi connectivity index (χ3v) is 4.79. The fraction of sp³-hybridized carbons (Fsp3) is 0.263. The first-order valence-corrected chi connectivity index (χ1v) is 8.85. The summed E-state index contributed by atoms with van der Waals surface area (Å²) in [6.07, 6.45) is 2.16. The Balaban J connectivity index is 1.78. The fourth-order valence-electron chi connectivity index (χ4n) is 3.02. The number of aromatic nitrogens is 3. The van der Waals surface area contributed by atoms with Gasteiger partial charge in [0.2, 0.25) is 5.91 Å². The molecule has 0 unspecified atom stereocenters. The minimum atomic E-state index is -0.571. The summed E-state index contributed by atoms with van der Waals surface area (Å²) >= 11 is 6.16. The molecule has 2 heterocycles. The maximum atomic E-state index is 12.3. The Bertz CT molecular complexity index is 1060. The van der Waals surface area contributed by atoms with Crippen LogP contribution in [0.5, 0.6) is 0 Å². The lowest BCUT2D eigenvalue weighted by Crippen LogP contribution is -2.15. The van der Waals surface area contributed by atoms with E-state index in [9.17, 15) is 9.59 Å². The average Bonchev–Trinajstić information content (AvgIpc) is 3.01. The summed E-state index contributed by atoms with van der Waals surface area (Å²) in [7, 11) is 0. The molecule has 140 valence electrons. The molecule has 0 saturated heterocycles. The van der Waals surface area contributed by atoms with Crippen molar-refractivity contribution in [2.24, 2.45) is 5.73 Å². The Hall–Kier alpha value is -2.93. The number of primary amides is 1. The van der Waals surface area contributed by atoms with Gasteiger partial charge in [-0.15, -0.1) is 0 Å². The molecule has 27 heavy (non-hydrogen) atoms. The van der Waals surface area contributed by atoms with Gasteiger partial charge in [-0.3, -0.25) is 9.59 Å². The van der Waals surface area contributed by atoms with E-state index in [1.54, 1.807) is 16.6 Å². The van der Waals surface area contributed by atoms with Gasteiger partial charge in [0.1, 0.15) is 5.56 Å². The van der Waals surface area contributed by atoms with Crippen molar-refractivity contribution in [2.75, 3.05) is 5.32 Å². The second-order valence-electron chi connectivity index (χ2n) is 6.45. The third kappa shape index (κ3) is 3.78. The van der Waals surface area contributed by atoms with Gasteiger partial charge in [-0.25, -0.2) is 9.50 Å². The zero-order valence-corrected chi connectivity index (χ0v) is 16.1. The highest BCUT2D eigenvalue weighted by Crippen LogP contribution is 2.23. The van der Waals surface area contributed by atoms with Gasteiger partial charge in [-0.05, 0) is 50.5 Å². The number of nitrogens with two attached hydrogens (primary N) is 1. The SMILES string of the molecule is Cc1ccc(NC(=O)CCc2c(C)nc3c(C(N)=O)cnn3c2C)c(Cl)c1. The van der Waals surface area contributed by atoms with Gasteiger partial charge in [0, 0.05) is 17.8 Å². The Morgan fingerprint density at radius 3 is 2.67 bits per heavy atom. The number of hydrogen-bond donors (Lipinski definition) is 2. The van der Waals surface area contributed by atoms with Gasteiger partial charge in [-0.2, -0.15) is 5.10 Å². The van der Waals surface area contributed by atoms with Crippen molar-refractivity contribution in [1.29, 1.82) is 0 Å². The van der Waals surface area contributed by atoms with E-state index >= 15 is 0 Å². The van der Waals surface area contributed by atoms with E-state index < -0.39 is 5.91 Å². The summed E-state index contributed by atoms with van der Waals surface area (Å²) in [6.45, 7) is 5.66. The smallest absolute Gasteiger partial charge is 0.254 e. The lowest BCUT2D eigenvalue weighted by Gasteiger charge is -2.12. The second-order valence-corrected chi connectivity index (χ2v) is 6.86. The molecule has 3 rings (SSSR count). The summed E-state index contributed by atoms with van der Waals surface area (Å²) in [5, 5.41) is 7.53. The summed E-state index contributed by atoms with van der Waals surface area (Å²) in [6, 6.07) is 5.48. The first-order chi connectivity index (χ1) is 12.8. The lowest BCUT2D eigenvalue weighted by molar-refractivity contribution is -0.116. The molecule has 0 radical (unpaired) electrons. The number of benzene rings is 1. The topological polar surface area (TPSA) is 102 Å². The molecule has 0 saturated carbocycles. The zero-order valence-electron chi connectivity index (χ0n) is 15.3. The predicted molar refractivity (Wildman–Crippen MR) is 104 cm³/mol. The van der Waals surface area contributed by atoms with Crippen LogP contribution in [-0.4, -0.2) is 26.4 Å². The first kappa shape index (κ1) is 18.8. The lowest BCUT2D eigenvalue weighted by atomic mass is 10.1. The van der Waals surface area contributed by atoms with E-state index in [1.807, 2.05) is 26.8 Å². The monoisotopic (exact) mass is 385 g/mol. The molecule has 0 bridgehead atoms. The zero-order chi connectivity index (χ0) is 19.7. The molecule has 8 heteroatoms. The van der Waals surface area contributed by atoms with Crippen molar-refractivity contribution >= 4 is 34.7 Å². The number of nitrogens with one attached hydrogen (secondary N) is 1. The van der Waals surface area contributed by atoms with Gasteiger partial charge in [0.05, 0.1) is 16.9 Å². The molecule has 0 aliphatic rings. The van der Waals surface area contributed by atoms with E-state index in [4.69, 9.17) is 17.3 Å². The van der Waals surface area contributed by atoms with E-state index in [0.717, 1.165) is 22.5 Å². The van der Waals surface area contributed by atoms with Crippen molar-refractivity contribution in [1.82, 2.24) is 14.6 Å². The molecular weight excluding hydrogens is 366 g/mol. The Morgan fingerprint density at radius 2 is 2.00 bits per heavy atom. The molecule has 1 aromatic carbocycles. The quantitative estimate of drug-likeness (QED) is 0.704. The Kier molecular flexibility index (Phi) is 5.14. The van der Waals surface area contributed by atoms with Crippen LogP contribution < -0.4 is 11.1 Å². The molecular formula is C19H20ClN5O2. The maximum absolute atomic E-state index is 12.3. The second kappa shape index (κ2) is 7.36. The number of fused-ring (bicyclic) bond motifs is 1.